The highest BCUT2D eigenvalue weighted by atomic mass is 16.1. The van der Waals surface area contributed by atoms with Gasteiger partial charge >= 0.3 is 0 Å². The van der Waals surface area contributed by atoms with Gasteiger partial charge in [-0.25, -0.2) is 0 Å². The Kier molecular flexibility index (Phi) is 7.49. The van der Waals surface area contributed by atoms with Crippen LogP contribution in [0.1, 0.15) is 41.3 Å². The van der Waals surface area contributed by atoms with Crippen LogP contribution in [0.2, 0.25) is 0 Å². The van der Waals surface area contributed by atoms with E-state index in [0.29, 0.717) is 11.5 Å². The molecule has 4 heteroatoms. The minimum absolute atomic E-state index is 0.0857. The second-order valence-corrected chi connectivity index (χ2v) is 9.35. The Labute approximate surface area is 203 Å². The van der Waals surface area contributed by atoms with Gasteiger partial charge < -0.3 is 10.2 Å². The van der Waals surface area contributed by atoms with Crippen LogP contribution in [-0.4, -0.2) is 43.5 Å². The molecule has 0 radical (unpaired) electrons. The highest BCUT2D eigenvalue weighted by molar-refractivity contribution is 6.09. The summed E-state index contributed by atoms with van der Waals surface area (Å²) in [6, 6.07) is 22.7. The summed E-state index contributed by atoms with van der Waals surface area (Å²) in [5, 5.41) is 3.10. The number of anilines is 2. The molecule has 0 aromatic heterocycles. The standard InChI is InChI=1S/C30H35N3O/c1-5-17-32-18-20-33(21-19-32)27-15-13-26(14-16-27)31-30(34)28-8-6-7-23(4)29(28)25-11-9-24(10-12-25)22(2)3/h5-16,22H,1,17-21H2,2-4H3,(H,31,34). The normalized spacial score (nSPS) is 14.3. The minimum Gasteiger partial charge on any atom is -0.369 e. The molecule has 3 aromatic carbocycles. The molecule has 4 nitrogen and oxygen atoms in total. The smallest absolute Gasteiger partial charge is 0.256 e. The van der Waals surface area contributed by atoms with Gasteiger partial charge in [0.1, 0.15) is 0 Å². The van der Waals surface area contributed by atoms with Crippen LogP contribution in [0.15, 0.2) is 79.4 Å². The number of hydrogen-bond donors (Lipinski definition) is 1. The molecule has 0 saturated carbocycles. The van der Waals surface area contributed by atoms with Gasteiger partial charge in [-0.15, -0.1) is 6.58 Å². The predicted molar refractivity (Wildman–Crippen MR) is 144 cm³/mol. The highest BCUT2D eigenvalue weighted by Gasteiger charge is 2.18. The van der Waals surface area contributed by atoms with Crippen LogP contribution in [0.4, 0.5) is 11.4 Å². The van der Waals surface area contributed by atoms with Crippen molar-refractivity contribution in [2.45, 2.75) is 26.7 Å². The fraction of sp³-hybridized carbons (Fsp3) is 0.300. The zero-order valence-corrected chi connectivity index (χ0v) is 20.6. The van der Waals surface area contributed by atoms with Crippen molar-refractivity contribution in [3.63, 3.8) is 0 Å². The molecule has 0 atom stereocenters. The van der Waals surface area contributed by atoms with Crippen molar-refractivity contribution >= 4 is 17.3 Å². The summed E-state index contributed by atoms with van der Waals surface area (Å²) in [5.74, 6) is 0.394. The van der Waals surface area contributed by atoms with Crippen LogP contribution in [0.25, 0.3) is 11.1 Å². The Hall–Kier alpha value is -3.37. The minimum atomic E-state index is -0.0857. The first-order valence-electron chi connectivity index (χ1n) is 12.2. The first kappa shape index (κ1) is 23.8. The van der Waals surface area contributed by atoms with Gasteiger partial charge in [0.05, 0.1) is 0 Å². The van der Waals surface area contributed by atoms with Gasteiger partial charge in [-0.1, -0.05) is 56.3 Å². The van der Waals surface area contributed by atoms with E-state index in [2.05, 4.69) is 84.9 Å². The second-order valence-electron chi connectivity index (χ2n) is 9.35. The van der Waals surface area contributed by atoms with Gasteiger partial charge in [0.15, 0.2) is 0 Å². The third-order valence-corrected chi connectivity index (χ3v) is 6.63. The number of rotatable bonds is 7. The van der Waals surface area contributed by atoms with Crippen molar-refractivity contribution in [1.29, 1.82) is 0 Å². The topological polar surface area (TPSA) is 35.6 Å². The number of carbonyl (C=O) groups excluding carboxylic acids is 1. The molecule has 1 saturated heterocycles. The van der Waals surface area contributed by atoms with Gasteiger partial charge in [-0.3, -0.25) is 9.69 Å². The third kappa shape index (κ3) is 5.40. The quantitative estimate of drug-likeness (QED) is 0.424. The lowest BCUT2D eigenvalue weighted by molar-refractivity contribution is 0.102. The lowest BCUT2D eigenvalue weighted by Crippen LogP contribution is -2.46. The first-order chi connectivity index (χ1) is 16.5. The Morgan fingerprint density at radius 3 is 2.26 bits per heavy atom. The maximum Gasteiger partial charge on any atom is 0.256 e. The summed E-state index contributed by atoms with van der Waals surface area (Å²) < 4.78 is 0. The van der Waals surface area contributed by atoms with E-state index in [0.717, 1.165) is 55.1 Å². The van der Waals surface area contributed by atoms with Crippen molar-refractivity contribution in [2.24, 2.45) is 0 Å². The predicted octanol–water partition coefficient (Wildman–Crippen LogP) is 6.35. The number of amides is 1. The summed E-state index contributed by atoms with van der Waals surface area (Å²) in [7, 11) is 0. The average molecular weight is 454 g/mol. The van der Waals surface area contributed by atoms with E-state index in [-0.39, 0.29) is 5.91 Å². The fourth-order valence-electron chi connectivity index (χ4n) is 4.60. The van der Waals surface area contributed by atoms with Crippen LogP contribution in [0, 0.1) is 6.92 Å². The van der Waals surface area contributed by atoms with Crippen molar-refractivity contribution in [1.82, 2.24) is 4.90 Å². The molecule has 0 bridgehead atoms. The van der Waals surface area contributed by atoms with Crippen LogP contribution < -0.4 is 10.2 Å². The number of aryl methyl sites for hydroxylation is 1. The summed E-state index contributed by atoms with van der Waals surface area (Å²) in [5.41, 5.74) is 7.14. The number of piperazine rings is 1. The number of carbonyl (C=O) groups is 1. The van der Waals surface area contributed by atoms with Crippen LogP contribution in [-0.2, 0) is 0 Å². The lowest BCUT2D eigenvalue weighted by Gasteiger charge is -2.35. The molecule has 34 heavy (non-hydrogen) atoms. The molecule has 1 amide bonds. The van der Waals surface area contributed by atoms with Gasteiger partial charge in [0.2, 0.25) is 0 Å². The van der Waals surface area contributed by atoms with E-state index in [9.17, 15) is 4.79 Å². The molecule has 1 heterocycles. The van der Waals surface area contributed by atoms with Crippen LogP contribution in [0.5, 0.6) is 0 Å². The molecular formula is C30H35N3O. The second kappa shape index (κ2) is 10.7. The summed E-state index contributed by atoms with van der Waals surface area (Å²) in [6.07, 6.45) is 1.97. The Balaban J connectivity index is 1.48. The molecule has 0 aliphatic carbocycles. The van der Waals surface area contributed by atoms with Crippen molar-refractivity contribution in [3.8, 4) is 11.1 Å². The summed E-state index contributed by atoms with van der Waals surface area (Å²) in [6.45, 7) is 15.3. The SMILES string of the molecule is C=CCN1CCN(c2ccc(NC(=O)c3cccc(C)c3-c3ccc(C(C)C)cc3)cc2)CC1. The van der Waals surface area contributed by atoms with Gasteiger partial charge in [0, 0.05) is 49.7 Å². The monoisotopic (exact) mass is 453 g/mol. The van der Waals surface area contributed by atoms with Crippen molar-refractivity contribution in [2.75, 3.05) is 42.9 Å². The van der Waals surface area contributed by atoms with Crippen LogP contribution in [0.3, 0.4) is 0 Å². The Morgan fingerprint density at radius 1 is 0.971 bits per heavy atom. The van der Waals surface area contributed by atoms with E-state index in [4.69, 9.17) is 0 Å². The van der Waals surface area contributed by atoms with Crippen LogP contribution >= 0.6 is 0 Å². The molecule has 176 valence electrons. The van der Waals surface area contributed by atoms with Crippen molar-refractivity contribution < 1.29 is 4.79 Å². The number of benzene rings is 3. The number of hydrogen-bond acceptors (Lipinski definition) is 3. The first-order valence-corrected chi connectivity index (χ1v) is 12.2. The molecule has 1 N–H and O–H groups in total. The van der Waals surface area contributed by atoms with Gasteiger partial charge in [-0.05, 0) is 65.4 Å². The number of nitrogens with zero attached hydrogens (tertiary/aromatic N) is 2. The average Bonchev–Trinajstić information content (AvgIpc) is 2.85. The van der Waals surface area contributed by atoms with E-state index < -0.39 is 0 Å². The van der Waals surface area contributed by atoms with E-state index in [1.165, 1.54) is 11.3 Å². The molecule has 0 spiro atoms. The van der Waals surface area contributed by atoms with E-state index >= 15 is 0 Å². The molecule has 1 aliphatic heterocycles. The number of nitrogens with one attached hydrogen (secondary N) is 1. The Bertz CT molecular complexity index is 1120. The molecule has 3 aromatic rings. The molecule has 1 aliphatic rings. The van der Waals surface area contributed by atoms with E-state index in [1.54, 1.807) is 0 Å². The molecule has 4 rings (SSSR count). The molecule has 1 fully saturated rings. The van der Waals surface area contributed by atoms with E-state index in [1.807, 2.05) is 30.3 Å². The van der Waals surface area contributed by atoms with Gasteiger partial charge in [0.25, 0.3) is 5.91 Å². The summed E-state index contributed by atoms with van der Waals surface area (Å²) in [4.78, 5) is 18.1. The third-order valence-electron chi connectivity index (χ3n) is 6.63. The van der Waals surface area contributed by atoms with Gasteiger partial charge in [-0.2, -0.15) is 0 Å². The molecule has 0 unspecified atom stereocenters. The zero-order chi connectivity index (χ0) is 24.1. The maximum absolute atomic E-state index is 13.3. The maximum atomic E-state index is 13.3. The highest BCUT2D eigenvalue weighted by Crippen LogP contribution is 2.30. The van der Waals surface area contributed by atoms with Crippen molar-refractivity contribution in [3.05, 3.63) is 96.1 Å². The fourth-order valence-corrected chi connectivity index (χ4v) is 4.60. The molecular weight excluding hydrogens is 418 g/mol. The largest absolute Gasteiger partial charge is 0.369 e. The lowest BCUT2D eigenvalue weighted by atomic mass is 9.92. The Morgan fingerprint density at radius 2 is 1.65 bits per heavy atom. The summed E-state index contributed by atoms with van der Waals surface area (Å²) >= 11 is 0. The zero-order valence-electron chi connectivity index (χ0n) is 20.6.